The van der Waals surface area contributed by atoms with Gasteiger partial charge in [-0.2, -0.15) is 0 Å². The Labute approximate surface area is 154 Å². The molecule has 25 heavy (non-hydrogen) atoms. The van der Waals surface area contributed by atoms with Crippen molar-refractivity contribution in [3.8, 4) is 0 Å². The summed E-state index contributed by atoms with van der Waals surface area (Å²) >= 11 is 0. The minimum Gasteiger partial charge on any atom is -0.247 e. The topological polar surface area (TPSA) is 0 Å². The van der Waals surface area contributed by atoms with Gasteiger partial charge < -0.3 is 0 Å². The van der Waals surface area contributed by atoms with Crippen molar-refractivity contribution in [1.82, 2.24) is 0 Å². The first-order chi connectivity index (χ1) is 12.1. The van der Waals surface area contributed by atoms with Crippen molar-refractivity contribution in [3.63, 3.8) is 0 Å². The molecule has 3 saturated carbocycles. The van der Waals surface area contributed by atoms with E-state index in [1.807, 2.05) is 0 Å². The van der Waals surface area contributed by atoms with Crippen LogP contribution in [0.15, 0.2) is 0 Å². The van der Waals surface area contributed by atoms with Crippen LogP contribution in [0.1, 0.15) is 103 Å². The molecule has 0 saturated heterocycles. The second-order valence-corrected chi connectivity index (χ2v) is 9.85. The molecule has 0 N–H and O–H groups in total. The highest BCUT2D eigenvalue weighted by Crippen LogP contribution is 2.40. The molecule has 0 radical (unpaired) electrons. The van der Waals surface area contributed by atoms with Gasteiger partial charge in [-0.05, 0) is 81.0 Å². The molecule has 0 aromatic rings. The third-order valence-electron chi connectivity index (χ3n) is 7.86. The summed E-state index contributed by atoms with van der Waals surface area (Å²) in [5.74, 6) is 3.48. The lowest BCUT2D eigenvalue weighted by Gasteiger charge is -2.34. The van der Waals surface area contributed by atoms with Gasteiger partial charge in [-0.3, -0.25) is 0 Å². The van der Waals surface area contributed by atoms with Crippen molar-refractivity contribution in [3.05, 3.63) is 0 Å². The van der Waals surface area contributed by atoms with Gasteiger partial charge in [-0.15, -0.1) is 0 Å². The average molecular weight is 355 g/mol. The molecule has 0 aromatic carbocycles. The molecule has 0 aromatic heterocycles. The van der Waals surface area contributed by atoms with Crippen LogP contribution < -0.4 is 0 Å². The number of halogens is 2. The van der Waals surface area contributed by atoms with Gasteiger partial charge in [0.05, 0.1) is 0 Å². The standard InChI is InChI=1S/C23H40F2/c1-17-2-4-18(5-3-17)6-7-20-9-13-21(23(25)16-20)12-8-19-10-14-22(24)15-11-19/h17-23H,2-16H2,1H3. The fourth-order valence-electron chi connectivity index (χ4n) is 5.80. The molecule has 0 nitrogen and oxygen atoms in total. The average Bonchev–Trinajstić information content (AvgIpc) is 2.62. The summed E-state index contributed by atoms with van der Waals surface area (Å²) in [4.78, 5) is 0. The van der Waals surface area contributed by atoms with Crippen molar-refractivity contribution in [1.29, 1.82) is 0 Å². The largest absolute Gasteiger partial charge is 0.247 e. The molecule has 3 aliphatic rings. The number of hydrogen-bond acceptors (Lipinski definition) is 0. The van der Waals surface area contributed by atoms with Crippen LogP contribution in [0.5, 0.6) is 0 Å². The van der Waals surface area contributed by atoms with Crippen LogP contribution in [0.3, 0.4) is 0 Å². The summed E-state index contributed by atoms with van der Waals surface area (Å²) < 4.78 is 27.9. The van der Waals surface area contributed by atoms with Crippen molar-refractivity contribution in [2.24, 2.45) is 29.6 Å². The molecular formula is C23H40F2. The number of rotatable bonds is 6. The zero-order valence-electron chi connectivity index (χ0n) is 16.4. The molecule has 3 unspecified atom stereocenters. The Bertz CT molecular complexity index is 366. The molecule has 3 atom stereocenters. The SMILES string of the molecule is CC1CCC(CCC2CCC(CCC3CCC(F)CC3)C(F)C2)CC1. The molecule has 3 rings (SSSR count). The van der Waals surface area contributed by atoms with Gasteiger partial charge >= 0.3 is 0 Å². The van der Waals surface area contributed by atoms with Gasteiger partial charge in [0.25, 0.3) is 0 Å². The predicted molar refractivity (Wildman–Crippen MR) is 102 cm³/mol. The third kappa shape index (κ3) is 6.21. The molecule has 2 heteroatoms. The zero-order chi connectivity index (χ0) is 17.6. The Kier molecular flexibility index (Phi) is 7.61. The first-order valence-corrected chi connectivity index (χ1v) is 11.4. The van der Waals surface area contributed by atoms with Gasteiger partial charge in [0.15, 0.2) is 0 Å². The van der Waals surface area contributed by atoms with E-state index in [0.717, 1.165) is 63.2 Å². The minimum absolute atomic E-state index is 0.301. The molecule has 0 amide bonds. The lowest BCUT2D eigenvalue weighted by molar-refractivity contribution is 0.101. The molecular weight excluding hydrogens is 314 g/mol. The molecule has 0 heterocycles. The summed E-state index contributed by atoms with van der Waals surface area (Å²) in [6, 6.07) is 0. The van der Waals surface area contributed by atoms with Crippen molar-refractivity contribution in [2.75, 3.05) is 0 Å². The molecule has 3 fully saturated rings. The zero-order valence-corrected chi connectivity index (χ0v) is 16.4. The minimum atomic E-state index is -0.567. The quantitative estimate of drug-likeness (QED) is 0.459. The van der Waals surface area contributed by atoms with Crippen LogP contribution >= 0.6 is 0 Å². The second kappa shape index (κ2) is 9.70. The van der Waals surface area contributed by atoms with Gasteiger partial charge in [-0.1, -0.05) is 51.9 Å². The molecule has 0 spiro atoms. The van der Waals surface area contributed by atoms with E-state index in [4.69, 9.17) is 0 Å². The summed E-state index contributed by atoms with van der Waals surface area (Å²) in [5.41, 5.74) is 0. The summed E-state index contributed by atoms with van der Waals surface area (Å²) in [6.45, 7) is 2.38. The summed E-state index contributed by atoms with van der Waals surface area (Å²) in [7, 11) is 0. The van der Waals surface area contributed by atoms with Crippen LogP contribution in [-0.4, -0.2) is 12.3 Å². The molecule has 3 aliphatic carbocycles. The van der Waals surface area contributed by atoms with E-state index in [2.05, 4.69) is 6.92 Å². The summed E-state index contributed by atoms with van der Waals surface area (Å²) in [5, 5.41) is 0. The lowest BCUT2D eigenvalue weighted by atomic mass is 9.73. The summed E-state index contributed by atoms with van der Waals surface area (Å²) in [6.07, 6.45) is 16.1. The van der Waals surface area contributed by atoms with E-state index in [-0.39, 0.29) is 0 Å². The van der Waals surface area contributed by atoms with Gasteiger partial charge in [0, 0.05) is 0 Å². The van der Waals surface area contributed by atoms with E-state index in [9.17, 15) is 8.78 Å². The Hall–Kier alpha value is -0.140. The van der Waals surface area contributed by atoms with Gasteiger partial charge in [0.2, 0.25) is 0 Å². The van der Waals surface area contributed by atoms with E-state index < -0.39 is 12.3 Å². The fourth-order valence-corrected chi connectivity index (χ4v) is 5.80. The first kappa shape index (κ1) is 19.6. The smallest absolute Gasteiger partial charge is 0.103 e. The van der Waals surface area contributed by atoms with Crippen molar-refractivity contribution in [2.45, 2.75) is 116 Å². The Morgan fingerprint density at radius 1 is 0.600 bits per heavy atom. The van der Waals surface area contributed by atoms with Crippen molar-refractivity contribution < 1.29 is 8.78 Å². The highest BCUT2D eigenvalue weighted by Gasteiger charge is 2.31. The molecule has 146 valence electrons. The Balaban J connectivity index is 1.30. The molecule has 0 bridgehead atoms. The highest BCUT2D eigenvalue weighted by atomic mass is 19.1. The van der Waals surface area contributed by atoms with Crippen LogP contribution in [0.4, 0.5) is 8.78 Å². The van der Waals surface area contributed by atoms with E-state index >= 15 is 0 Å². The highest BCUT2D eigenvalue weighted by molar-refractivity contribution is 4.82. The van der Waals surface area contributed by atoms with Crippen molar-refractivity contribution >= 4 is 0 Å². The normalized spacial score (nSPS) is 43.1. The number of alkyl halides is 2. The Morgan fingerprint density at radius 2 is 1.12 bits per heavy atom. The van der Waals surface area contributed by atoms with Gasteiger partial charge in [0.1, 0.15) is 12.3 Å². The second-order valence-electron chi connectivity index (χ2n) is 9.85. The van der Waals surface area contributed by atoms with Crippen LogP contribution in [0.25, 0.3) is 0 Å². The van der Waals surface area contributed by atoms with Crippen LogP contribution in [0.2, 0.25) is 0 Å². The maximum Gasteiger partial charge on any atom is 0.103 e. The van der Waals surface area contributed by atoms with E-state index in [0.29, 0.717) is 17.8 Å². The maximum atomic E-state index is 14.7. The monoisotopic (exact) mass is 354 g/mol. The Morgan fingerprint density at radius 3 is 1.76 bits per heavy atom. The first-order valence-electron chi connectivity index (χ1n) is 11.4. The van der Waals surface area contributed by atoms with Crippen LogP contribution in [-0.2, 0) is 0 Å². The predicted octanol–water partition coefficient (Wildman–Crippen LogP) is 7.66. The third-order valence-corrected chi connectivity index (χ3v) is 7.86. The maximum absolute atomic E-state index is 14.7. The fraction of sp³-hybridized carbons (Fsp3) is 1.00. The van der Waals surface area contributed by atoms with E-state index in [1.165, 1.54) is 44.9 Å². The van der Waals surface area contributed by atoms with Crippen LogP contribution in [0, 0.1) is 29.6 Å². The molecule has 0 aliphatic heterocycles. The lowest BCUT2D eigenvalue weighted by Crippen LogP contribution is -2.27. The van der Waals surface area contributed by atoms with E-state index in [1.54, 1.807) is 0 Å². The number of hydrogen-bond donors (Lipinski definition) is 0. The van der Waals surface area contributed by atoms with Gasteiger partial charge in [-0.25, -0.2) is 8.78 Å².